The summed E-state index contributed by atoms with van der Waals surface area (Å²) in [6, 6.07) is 18.3. The molecule has 194 valence electrons. The largest absolute Gasteiger partial charge is 0.369 e. The average Bonchev–Trinajstić information content (AvgIpc) is 2.92. The van der Waals surface area contributed by atoms with Crippen molar-refractivity contribution in [3.8, 4) is 11.5 Å². The molecule has 0 spiro atoms. The fourth-order valence-electron chi connectivity index (χ4n) is 4.94. The number of anilines is 3. The summed E-state index contributed by atoms with van der Waals surface area (Å²) in [7, 11) is 0. The van der Waals surface area contributed by atoms with Crippen LogP contribution in [0.3, 0.4) is 0 Å². The predicted octanol–water partition coefficient (Wildman–Crippen LogP) is 3.31. The molecule has 0 bridgehead atoms. The van der Waals surface area contributed by atoms with E-state index < -0.39 is 0 Å². The molecule has 0 aliphatic carbocycles. The molecule has 1 aromatic carbocycles. The van der Waals surface area contributed by atoms with E-state index in [1.54, 1.807) is 12.4 Å². The van der Waals surface area contributed by atoms with Crippen LogP contribution in [0.25, 0.3) is 11.5 Å². The Kier molecular flexibility index (Phi) is 7.19. The molecule has 9 nitrogen and oxygen atoms in total. The van der Waals surface area contributed by atoms with Gasteiger partial charge in [-0.15, -0.1) is 0 Å². The van der Waals surface area contributed by atoms with Crippen LogP contribution in [0.4, 0.5) is 17.3 Å². The summed E-state index contributed by atoms with van der Waals surface area (Å²) >= 11 is 0. The number of hydrogen-bond donors (Lipinski definition) is 2. The Labute approximate surface area is 223 Å². The van der Waals surface area contributed by atoms with Crippen LogP contribution in [0.15, 0.2) is 67.0 Å². The van der Waals surface area contributed by atoms with Crippen molar-refractivity contribution in [3.63, 3.8) is 0 Å². The third-order valence-electron chi connectivity index (χ3n) is 7.15. The predicted molar refractivity (Wildman–Crippen MR) is 150 cm³/mol. The summed E-state index contributed by atoms with van der Waals surface area (Å²) in [5.41, 5.74) is 4.15. The van der Waals surface area contributed by atoms with Crippen LogP contribution in [-0.4, -0.2) is 75.6 Å². The number of rotatable bonds is 8. The Morgan fingerprint density at radius 1 is 0.842 bits per heavy atom. The van der Waals surface area contributed by atoms with Crippen molar-refractivity contribution < 1.29 is 0 Å². The van der Waals surface area contributed by atoms with E-state index in [9.17, 15) is 0 Å². The molecule has 3 aromatic heterocycles. The lowest BCUT2D eigenvalue weighted by Gasteiger charge is -2.39. The second-order valence-corrected chi connectivity index (χ2v) is 10.1. The first-order chi connectivity index (χ1) is 18.7. The zero-order chi connectivity index (χ0) is 25.7. The van der Waals surface area contributed by atoms with Gasteiger partial charge in [-0.1, -0.05) is 18.2 Å². The molecule has 5 heterocycles. The molecule has 0 saturated carbocycles. The van der Waals surface area contributed by atoms with Crippen molar-refractivity contribution >= 4 is 17.3 Å². The van der Waals surface area contributed by atoms with Gasteiger partial charge >= 0.3 is 0 Å². The number of benzene rings is 1. The Morgan fingerprint density at radius 3 is 2.34 bits per heavy atom. The van der Waals surface area contributed by atoms with Crippen molar-refractivity contribution in [2.45, 2.75) is 13.3 Å². The normalized spacial score (nSPS) is 16.3. The molecule has 2 aliphatic rings. The summed E-state index contributed by atoms with van der Waals surface area (Å²) in [5.74, 6) is 3.54. The van der Waals surface area contributed by atoms with Crippen molar-refractivity contribution in [1.82, 2.24) is 35.1 Å². The lowest BCUT2D eigenvalue weighted by molar-refractivity contribution is 0.184. The second kappa shape index (κ2) is 11.2. The highest BCUT2D eigenvalue weighted by atomic mass is 15.3. The van der Waals surface area contributed by atoms with E-state index in [0.717, 1.165) is 49.3 Å². The fourth-order valence-corrected chi connectivity index (χ4v) is 4.94. The van der Waals surface area contributed by atoms with Gasteiger partial charge in [0, 0.05) is 76.0 Å². The summed E-state index contributed by atoms with van der Waals surface area (Å²) in [5, 5.41) is 6.66. The van der Waals surface area contributed by atoms with Crippen LogP contribution in [0.1, 0.15) is 17.1 Å². The van der Waals surface area contributed by atoms with E-state index in [-0.39, 0.29) is 0 Å². The molecule has 9 heteroatoms. The number of aryl methyl sites for hydroxylation is 1. The van der Waals surface area contributed by atoms with Crippen LogP contribution >= 0.6 is 0 Å². The van der Waals surface area contributed by atoms with E-state index in [0.29, 0.717) is 23.9 Å². The second-order valence-electron chi connectivity index (χ2n) is 10.1. The molecule has 0 atom stereocenters. The van der Waals surface area contributed by atoms with Crippen molar-refractivity contribution in [2.75, 3.05) is 56.0 Å². The maximum absolute atomic E-state index is 4.72. The quantitative estimate of drug-likeness (QED) is 0.372. The molecule has 2 N–H and O–H groups in total. The molecular weight excluding hydrogens is 474 g/mol. The summed E-state index contributed by atoms with van der Waals surface area (Å²) in [4.78, 5) is 27.8. The first-order valence-electron chi connectivity index (χ1n) is 13.3. The number of piperazine rings is 1. The minimum absolute atomic E-state index is 0.574. The van der Waals surface area contributed by atoms with Crippen molar-refractivity contribution in [1.29, 1.82) is 0 Å². The number of aromatic nitrogens is 5. The lowest BCUT2D eigenvalue weighted by atomic mass is 10.0. The minimum atomic E-state index is 0.574. The Bertz CT molecular complexity index is 1360. The molecule has 4 aromatic rings. The Hall–Kier alpha value is -3.95. The molecule has 38 heavy (non-hydrogen) atoms. The summed E-state index contributed by atoms with van der Waals surface area (Å²) in [6.07, 6.45) is 4.17. The van der Waals surface area contributed by atoms with Gasteiger partial charge in [-0.05, 0) is 54.8 Å². The average molecular weight is 508 g/mol. The topological polar surface area (TPSA) is 95.0 Å². The summed E-state index contributed by atoms with van der Waals surface area (Å²) < 4.78 is 0. The zero-order valence-corrected chi connectivity index (χ0v) is 21.7. The first-order valence-corrected chi connectivity index (χ1v) is 13.3. The maximum atomic E-state index is 4.72. The molecule has 2 saturated heterocycles. The van der Waals surface area contributed by atoms with Crippen LogP contribution in [0.5, 0.6) is 0 Å². The highest BCUT2D eigenvalue weighted by molar-refractivity contribution is 5.56. The third kappa shape index (κ3) is 5.95. The number of pyridine rings is 1. The van der Waals surface area contributed by atoms with E-state index in [1.165, 1.54) is 30.9 Å². The van der Waals surface area contributed by atoms with Crippen LogP contribution < -0.4 is 15.5 Å². The smallest absolute Gasteiger partial charge is 0.180 e. The third-order valence-corrected chi connectivity index (χ3v) is 7.15. The first kappa shape index (κ1) is 24.4. The van der Waals surface area contributed by atoms with Gasteiger partial charge in [-0.25, -0.2) is 24.9 Å². The highest BCUT2D eigenvalue weighted by Gasteiger charge is 2.23. The zero-order valence-electron chi connectivity index (χ0n) is 21.7. The number of nitrogens with zero attached hydrogens (tertiary/aromatic N) is 7. The van der Waals surface area contributed by atoms with Gasteiger partial charge in [-0.2, -0.15) is 0 Å². The molecule has 0 amide bonds. The van der Waals surface area contributed by atoms with E-state index in [2.05, 4.69) is 64.6 Å². The number of hydrogen-bond acceptors (Lipinski definition) is 9. The maximum Gasteiger partial charge on any atom is 0.180 e. The Balaban J connectivity index is 1.06. The van der Waals surface area contributed by atoms with Gasteiger partial charge in [0.1, 0.15) is 23.2 Å². The lowest BCUT2D eigenvalue weighted by Crippen LogP contribution is -2.53. The van der Waals surface area contributed by atoms with Crippen LogP contribution in [-0.2, 0) is 6.42 Å². The monoisotopic (exact) mass is 507 g/mol. The van der Waals surface area contributed by atoms with E-state index in [1.807, 2.05) is 37.3 Å². The fraction of sp³-hybridized carbons (Fsp3) is 0.345. The summed E-state index contributed by atoms with van der Waals surface area (Å²) in [6.45, 7) is 9.99. The number of nitrogens with one attached hydrogen (secondary N) is 2. The van der Waals surface area contributed by atoms with Gasteiger partial charge in [0.25, 0.3) is 0 Å². The van der Waals surface area contributed by atoms with Gasteiger partial charge in [0.2, 0.25) is 0 Å². The molecular formula is C29H33N9. The van der Waals surface area contributed by atoms with Crippen molar-refractivity contribution in [3.05, 3.63) is 84.1 Å². The van der Waals surface area contributed by atoms with Gasteiger partial charge in [0.15, 0.2) is 5.82 Å². The molecule has 0 unspecified atom stereocenters. The van der Waals surface area contributed by atoms with Crippen LogP contribution in [0, 0.1) is 12.8 Å². The molecule has 2 fully saturated rings. The van der Waals surface area contributed by atoms with Gasteiger partial charge < -0.3 is 15.5 Å². The SMILES string of the molecule is Cc1cccc(-c2nccc(Nc3ccnc(Cc4ccc(N5CCN(CC6CNC6)CC5)cc4)n3)n2)n1. The molecule has 2 aliphatic heterocycles. The molecule has 6 rings (SSSR count). The van der Waals surface area contributed by atoms with Gasteiger partial charge in [0.05, 0.1) is 0 Å². The van der Waals surface area contributed by atoms with Crippen molar-refractivity contribution in [2.24, 2.45) is 5.92 Å². The highest BCUT2D eigenvalue weighted by Crippen LogP contribution is 2.21. The van der Waals surface area contributed by atoms with Gasteiger partial charge in [-0.3, -0.25) is 4.90 Å². The Morgan fingerprint density at radius 2 is 1.61 bits per heavy atom. The standard InChI is InChI=1S/C29H33N9/c1-21-3-2-4-25(33-21)29-32-12-10-27(36-29)34-26-9-11-31-28(35-26)17-22-5-7-24(8-6-22)38-15-13-37(14-16-38)20-23-18-30-19-23/h2-12,23,30H,13-20H2,1H3,(H,31,32,34,35,36). The van der Waals surface area contributed by atoms with E-state index in [4.69, 9.17) is 4.98 Å². The minimum Gasteiger partial charge on any atom is -0.369 e. The molecule has 0 radical (unpaired) electrons. The van der Waals surface area contributed by atoms with Crippen LogP contribution in [0.2, 0.25) is 0 Å². The van der Waals surface area contributed by atoms with E-state index >= 15 is 0 Å².